The maximum Gasteiger partial charge on any atom is 0.321 e. The van der Waals surface area contributed by atoms with Gasteiger partial charge in [-0.3, -0.25) is 10.1 Å². The third-order valence-corrected chi connectivity index (χ3v) is 5.15. The van der Waals surface area contributed by atoms with Crippen molar-refractivity contribution in [3.8, 4) is 0 Å². The first kappa shape index (κ1) is 18.2. The fraction of sp³-hybridized carbons (Fsp3) is 0.667. The summed E-state index contributed by atoms with van der Waals surface area (Å²) in [7, 11) is 0. The number of carbonyl (C=O) groups excluding carboxylic acids is 2. The molecular weight excluding hydrogens is 328 g/mol. The maximum absolute atomic E-state index is 11.9. The molecule has 0 bridgehead atoms. The summed E-state index contributed by atoms with van der Waals surface area (Å²) >= 11 is 4.37. The highest BCUT2D eigenvalue weighted by Gasteiger charge is 2.21. The van der Waals surface area contributed by atoms with Crippen LogP contribution >= 0.6 is 34.9 Å². The van der Waals surface area contributed by atoms with Gasteiger partial charge in [-0.05, 0) is 33.4 Å². The highest BCUT2D eigenvalue weighted by molar-refractivity contribution is 8.03. The predicted molar refractivity (Wildman–Crippen MR) is 88.1 cm³/mol. The zero-order chi connectivity index (χ0) is 16.0. The number of nitrogens with zero attached hydrogens (tertiary/aromatic N) is 2. The first-order chi connectivity index (χ1) is 9.71. The van der Waals surface area contributed by atoms with E-state index in [4.69, 9.17) is 0 Å². The van der Waals surface area contributed by atoms with Crippen molar-refractivity contribution in [2.75, 3.05) is 5.75 Å². The van der Waals surface area contributed by atoms with Gasteiger partial charge in [0.2, 0.25) is 5.91 Å². The van der Waals surface area contributed by atoms with Crippen LogP contribution in [-0.4, -0.2) is 38.7 Å². The summed E-state index contributed by atoms with van der Waals surface area (Å²) in [4.78, 5) is 23.6. The van der Waals surface area contributed by atoms with Gasteiger partial charge in [-0.2, -0.15) is 0 Å². The summed E-state index contributed by atoms with van der Waals surface area (Å²) < 4.78 is 1.61. The predicted octanol–water partition coefficient (Wildman–Crippen LogP) is 2.76. The summed E-state index contributed by atoms with van der Waals surface area (Å²) in [6, 6.07) is -0.487. The molecule has 0 aliphatic rings. The van der Waals surface area contributed by atoms with Crippen LogP contribution in [0.25, 0.3) is 0 Å². The number of hydrogen-bond acceptors (Lipinski definition) is 7. The van der Waals surface area contributed by atoms with Crippen molar-refractivity contribution in [2.45, 2.75) is 54.1 Å². The molecule has 3 amide bonds. The lowest BCUT2D eigenvalue weighted by Gasteiger charge is -2.20. The van der Waals surface area contributed by atoms with E-state index in [1.54, 1.807) is 18.7 Å². The molecular formula is C12H20N4O2S3. The second kappa shape index (κ2) is 8.00. The molecule has 0 aromatic carbocycles. The fourth-order valence-electron chi connectivity index (χ4n) is 1.22. The van der Waals surface area contributed by atoms with Crippen LogP contribution in [0.5, 0.6) is 0 Å². The van der Waals surface area contributed by atoms with Crippen LogP contribution < -0.4 is 10.6 Å². The average Bonchev–Trinajstić information content (AvgIpc) is 2.74. The third kappa shape index (κ3) is 7.14. The molecule has 21 heavy (non-hydrogen) atoms. The normalized spacial score (nSPS) is 12.8. The monoisotopic (exact) mass is 348 g/mol. The Morgan fingerprint density at radius 3 is 2.48 bits per heavy atom. The zero-order valence-electron chi connectivity index (χ0n) is 12.7. The smallest absolute Gasteiger partial charge is 0.321 e. The van der Waals surface area contributed by atoms with Gasteiger partial charge in [-0.1, -0.05) is 41.8 Å². The van der Waals surface area contributed by atoms with Crippen LogP contribution in [0.2, 0.25) is 0 Å². The van der Waals surface area contributed by atoms with Gasteiger partial charge < -0.3 is 5.32 Å². The van der Waals surface area contributed by atoms with Gasteiger partial charge in [0.1, 0.15) is 0 Å². The summed E-state index contributed by atoms with van der Waals surface area (Å²) in [5.41, 5.74) is -0.383. The number of rotatable bonds is 5. The number of nitrogens with one attached hydrogen (secondary N) is 2. The van der Waals surface area contributed by atoms with Gasteiger partial charge in [0.05, 0.1) is 5.25 Å². The molecule has 0 aliphatic carbocycles. The molecule has 0 fully saturated rings. The van der Waals surface area contributed by atoms with Crippen LogP contribution in [0.15, 0.2) is 8.68 Å². The van der Waals surface area contributed by atoms with Gasteiger partial charge in [0.15, 0.2) is 8.68 Å². The fourth-order valence-corrected chi connectivity index (χ4v) is 4.28. The van der Waals surface area contributed by atoms with Crippen molar-refractivity contribution in [2.24, 2.45) is 0 Å². The Morgan fingerprint density at radius 2 is 1.90 bits per heavy atom. The van der Waals surface area contributed by atoms with Crippen LogP contribution in [0.1, 0.15) is 34.6 Å². The van der Waals surface area contributed by atoms with E-state index < -0.39 is 11.3 Å². The van der Waals surface area contributed by atoms with Gasteiger partial charge >= 0.3 is 6.03 Å². The first-order valence-corrected chi connectivity index (χ1v) is 9.15. The Morgan fingerprint density at radius 1 is 1.29 bits per heavy atom. The summed E-state index contributed by atoms with van der Waals surface area (Å²) in [6.45, 7) is 9.33. The molecule has 0 spiro atoms. The van der Waals surface area contributed by atoms with Crippen molar-refractivity contribution in [3.05, 3.63) is 0 Å². The lowest BCUT2D eigenvalue weighted by Crippen LogP contribution is -2.49. The van der Waals surface area contributed by atoms with E-state index in [9.17, 15) is 9.59 Å². The Hall–Kier alpha value is -0.800. The summed E-state index contributed by atoms with van der Waals surface area (Å²) in [6.07, 6.45) is 0. The Balaban J connectivity index is 2.48. The van der Waals surface area contributed by atoms with E-state index in [2.05, 4.69) is 20.8 Å². The zero-order valence-corrected chi connectivity index (χ0v) is 15.2. The highest BCUT2D eigenvalue weighted by atomic mass is 32.2. The minimum absolute atomic E-state index is 0.346. The third-order valence-electron chi connectivity index (χ3n) is 2.03. The molecule has 1 heterocycles. The number of hydrogen-bond donors (Lipinski definition) is 2. The number of aromatic nitrogens is 2. The first-order valence-electron chi connectivity index (χ1n) is 6.47. The largest absolute Gasteiger partial charge is 0.333 e. The van der Waals surface area contributed by atoms with Crippen LogP contribution in [0.4, 0.5) is 4.79 Å². The number of urea groups is 1. The summed E-state index contributed by atoms with van der Waals surface area (Å²) in [5.74, 6) is 0.587. The molecule has 118 valence electrons. The second-order valence-corrected chi connectivity index (χ2v) is 9.30. The topological polar surface area (TPSA) is 84.0 Å². The van der Waals surface area contributed by atoms with Crippen molar-refractivity contribution >= 4 is 46.8 Å². The highest BCUT2D eigenvalue weighted by Crippen LogP contribution is 2.30. The lowest BCUT2D eigenvalue weighted by molar-refractivity contribution is -0.119. The van der Waals surface area contributed by atoms with Crippen molar-refractivity contribution in [1.29, 1.82) is 0 Å². The molecule has 1 rings (SSSR count). The molecule has 0 saturated carbocycles. The maximum atomic E-state index is 11.9. The molecule has 9 heteroatoms. The molecule has 0 radical (unpaired) electrons. The van der Waals surface area contributed by atoms with Crippen molar-refractivity contribution in [1.82, 2.24) is 20.8 Å². The van der Waals surface area contributed by atoms with Gasteiger partial charge in [-0.25, -0.2) is 4.79 Å². The van der Waals surface area contributed by atoms with Gasteiger partial charge in [0.25, 0.3) is 0 Å². The Kier molecular flexibility index (Phi) is 6.95. The molecule has 0 aliphatic heterocycles. The molecule has 6 nitrogen and oxygen atoms in total. The van der Waals surface area contributed by atoms with Gasteiger partial charge in [-0.15, -0.1) is 10.2 Å². The molecule has 2 N–H and O–H groups in total. The van der Waals surface area contributed by atoms with E-state index in [1.807, 2.05) is 27.7 Å². The van der Waals surface area contributed by atoms with Crippen molar-refractivity contribution in [3.63, 3.8) is 0 Å². The minimum atomic E-state index is -0.487. The van der Waals surface area contributed by atoms with Crippen LogP contribution in [0.3, 0.4) is 0 Å². The lowest BCUT2D eigenvalue weighted by atomic mass is 10.1. The number of imide groups is 1. The number of thioether (sulfide) groups is 2. The average molecular weight is 349 g/mol. The van der Waals surface area contributed by atoms with E-state index in [0.717, 1.165) is 14.4 Å². The van der Waals surface area contributed by atoms with Crippen LogP contribution in [0, 0.1) is 0 Å². The summed E-state index contributed by atoms with van der Waals surface area (Å²) in [5, 5.41) is 12.7. The van der Waals surface area contributed by atoms with E-state index in [0.29, 0.717) is 0 Å². The number of carbonyl (C=O) groups is 2. The van der Waals surface area contributed by atoms with Crippen LogP contribution in [-0.2, 0) is 4.79 Å². The Bertz CT molecular complexity index is 499. The standard InChI is InChI=1S/C12H20N4O2S3/c1-6-19-10-15-16-11(21-10)20-7(2)8(17)13-9(18)14-12(3,4)5/h7H,6H2,1-5H3,(H2,13,14,17,18)/t7-/m1/s1. The molecule has 1 aromatic rings. The molecule has 0 saturated heterocycles. The second-order valence-electron chi connectivity index (χ2n) is 5.22. The van der Waals surface area contributed by atoms with E-state index >= 15 is 0 Å². The SMILES string of the molecule is CCSc1nnc(S[C@H](C)C(=O)NC(=O)NC(C)(C)C)s1. The molecule has 1 aromatic heterocycles. The Labute approximate surface area is 137 Å². The minimum Gasteiger partial charge on any atom is -0.333 e. The quantitative estimate of drug-likeness (QED) is 0.796. The van der Waals surface area contributed by atoms with E-state index in [1.165, 1.54) is 23.1 Å². The van der Waals surface area contributed by atoms with Gasteiger partial charge in [0, 0.05) is 5.54 Å². The van der Waals surface area contributed by atoms with E-state index in [-0.39, 0.29) is 11.4 Å². The van der Waals surface area contributed by atoms with Crippen molar-refractivity contribution < 1.29 is 9.59 Å². The molecule has 1 atom stereocenters. The molecule has 0 unspecified atom stereocenters. The number of amides is 3.